The Morgan fingerprint density at radius 2 is 1.96 bits per heavy atom. The highest BCUT2D eigenvalue weighted by atomic mass is 16.5. The molecule has 4 rings (SSSR count). The van der Waals surface area contributed by atoms with Crippen molar-refractivity contribution in [3.8, 4) is 11.8 Å². The second kappa shape index (κ2) is 7.00. The number of carbonyl (C=O) groups excluding carboxylic acids is 1. The van der Waals surface area contributed by atoms with Gasteiger partial charge in [-0.3, -0.25) is 4.79 Å². The van der Waals surface area contributed by atoms with Crippen molar-refractivity contribution >= 4 is 22.7 Å². The highest BCUT2D eigenvalue weighted by Crippen LogP contribution is 2.24. The van der Waals surface area contributed by atoms with E-state index in [1.807, 2.05) is 56.3 Å². The summed E-state index contributed by atoms with van der Waals surface area (Å²) < 4.78 is 6.89. The average Bonchev–Trinajstić information content (AvgIpc) is 3.27. The number of fused-ring (bicyclic) bond motifs is 1. The minimum absolute atomic E-state index is 0.0281. The molecule has 0 spiro atoms. The zero-order chi connectivity index (χ0) is 19.7. The molecule has 0 atom stereocenters. The van der Waals surface area contributed by atoms with E-state index >= 15 is 0 Å². The van der Waals surface area contributed by atoms with Crippen LogP contribution in [0.4, 0.5) is 5.82 Å². The molecular formula is C21H17N5O2. The van der Waals surface area contributed by atoms with Crippen molar-refractivity contribution in [2.75, 3.05) is 5.32 Å². The topological polar surface area (TPSA) is 96.7 Å². The van der Waals surface area contributed by atoms with Gasteiger partial charge in [0.25, 0.3) is 0 Å². The van der Waals surface area contributed by atoms with Crippen LogP contribution in [0.1, 0.15) is 22.4 Å². The van der Waals surface area contributed by atoms with E-state index in [1.165, 1.54) is 10.9 Å². The summed E-state index contributed by atoms with van der Waals surface area (Å²) in [5, 5.41) is 21.2. The molecule has 0 unspecified atom stereocenters. The minimum Gasteiger partial charge on any atom is -0.356 e. The Balaban J connectivity index is 1.62. The molecule has 2 heterocycles. The molecule has 0 saturated carbocycles. The van der Waals surface area contributed by atoms with E-state index in [-0.39, 0.29) is 17.9 Å². The Morgan fingerprint density at radius 3 is 2.71 bits per heavy atom. The zero-order valence-electron chi connectivity index (χ0n) is 15.4. The summed E-state index contributed by atoms with van der Waals surface area (Å²) in [6, 6.07) is 15.2. The quantitative estimate of drug-likeness (QED) is 0.590. The molecule has 0 aliphatic carbocycles. The number of hydrogen-bond acceptors (Lipinski definition) is 5. The van der Waals surface area contributed by atoms with Crippen LogP contribution >= 0.6 is 0 Å². The lowest BCUT2D eigenvalue weighted by molar-refractivity contribution is -0.115. The lowest BCUT2D eigenvalue weighted by Crippen LogP contribution is -2.18. The number of nitrogens with zero attached hydrogens (tertiary/aromatic N) is 4. The molecule has 0 fully saturated rings. The molecule has 0 aliphatic rings. The van der Waals surface area contributed by atoms with Crippen LogP contribution in [0.2, 0.25) is 0 Å². The molecule has 7 heteroatoms. The van der Waals surface area contributed by atoms with Gasteiger partial charge in [0.2, 0.25) is 5.91 Å². The van der Waals surface area contributed by atoms with E-state index in [0.29, 0.717) is 17.1 Å². The highest BCUT2D eigenvalue weighted by Gasteiger charge is 2.18. The number of aromatic nitrogens is 3. The van der Waals surface area contributed by atoms with Crippen molar-refractivity contribution in [2.24, 2.45) is 0 Å². The SMILES string of the molecule is Cc1cc2onc(CC(=O)Nc3c(C#N)cnn3-c3ccccc3)c2cc1C. The van der Waals surface area contributed by atoms with E-state index in [0.717, 1.165) is 22.2 Å². The maximum atomic E-state index is 12.7. The van der Waals surface area contributed by atoms with Gasteiger partial charge >= 0.3 is 0 Å². The van der Waals surface area contributed by atoms with Gasteiger partial charge in [0.15, 0.2) is 11.4 Å². The number of benzene rings is 2. The molecular weight excluding hydrogens is 354 g/mol. The van der Waals surface area contributed by atoms with Crippen LogP contribution in [0.5, 0.6) is 0 Å². The summed E-state index contributed by atoms with van der Waals surface area (Å²) in [5.41, 5.74) is 4.44. The maximum Gasteiger partial charge on any atom is 0.231 e. The van der Waals surface area contributed by atoms with Gasteiger partial charge in [-0.15, -0.1) is 0 Å². The second-order valence-corrected chi connectivity index (χ2v) is 6.55. The van der Waals surface area contributed by atoms with Crippen molar-refractivity contribution in [1.29, 1.82) is 5.26 Å². The van der Waals surface area contributed by atoms with Crippen molar-refractivity contribution < 1.29 is 9.32 Å². The number of para-hydroxylation sites is 1. The first-order valence-corrected chi connectivity index (χ1v) is 8.75. The summed E-state index contributed by atoms with van der Waals surface area (Å²) in [6.07, 6.45) is 1.46. The number of amides is 1. The fourth-order valence-electron chi connectivity index (χ4n) is 3.02. The molecule has 2 aromatic heterocycles. The largest absolute Gasteiger partial charge is 0.356 e. The first kappa shape index (κ1) is 17.5. The third-order valence-electron chi connectivity index (χ3n) is 4.64. The first-order valence-electron chi connectivity index (χ1n) is 8.75. The number of carbonyl (C=O) groups is 1. The van der Waals surface area contributed by atoms with Crippen molar-refractivity contribution in [3.05, 3.63) is 71.0 Å². The molecule has 0 aliphatic heterocycles. The molecule has 0 radical (unpaired) electrons. The Morgan fingerprint density at radius 1 is 1.21 bits per heavy atom. The normalized spacial score (nSPS) is 10.8. The monoisotopic (exact) mass is 371 g/mol. The van der Waals surface area contributed by atoms with Gasteiger partial charge in [-0.05, 0) is 49.2 Å². The van der Waals surface area contributed by atoms with Crippen molar-refractivity contribution in [1.82, 2.24) is 14.9 Å². The molecule has 7 nitrogen and oxygen atoms in total. The van der Waals surface area contributed by atoms with Crippen LogP contribution in [0.15, 0.2) is 53.2 Å². The Hall–Kier alpha value is -3.92. The molecule has 1 N–H and O–H groups in total. The first-order chi connectivity index (χ1) is 13.6. The van der Waals surface area contributed by atoms with E-state index < -0.39 is 0 Å². The average molecular weight is 371 g/mol. The van der Waals surface area contributed by atoms with Crippen LogP contribution < -0.4 is 5.32 Å². The van der Waals surface area contributed by atoms with Crippen LogP contribution in [0.3, 0.4) is 0 Å². The Bertz CT molecular complexity index is 1220. The van der Waals surface area contributed by atoms with Crippen LogP contribution in [-0.4, -0.2) is 20.8 Å². The van der Waals surface area contributed by atoms with E-state index in [1.54, 1.807) is 0 Å². The summed E-state index contributed by atoms with van der Waals surface area (Å²) >= 11 is 0. The number of nitriles is 1. The predicted octanol–water partition coefficient (Wildman–Crippen LogP) is 3.68. The summed E-state index contributed by atoms with van der Waals surface area (Å²) in [4.78, 5) is 12.7. The van der Waals surface area contributed by atoms with Gasteiger partial charge in [0, 0.05) is 5.39 Å². The zero-order valence-corrected chi connectivity index (χ0v) is 15.4. The van der Waals surface area contributed by atoms with Crippen LogP contribution in [0.25, 0.3) is 16.7 Å². The molecule has 4 aromatic rings. The smallest absolute Gasteiger partial charge is 0.231 e. The molecule has 0 saturated heterocycles. The Labute approximate surface area is 161 Å². The predicted molar refractivity (Wildman–Crippen MR) is 104 cm³/mol. The van der Waals surface area contributed by atoms with Gasteiger partial charge in [0.1, 0.15) is 17.3 Å². The Kier molecular flexibility index (Phi) is 4.38. The van der Waals surface area contributed by atoms with Crippen LogP contribution in [0, 0.1) is 25.2 Å². The molecule has 1 amide bonds. The maximum absolute atomic E-state index is 12.7. The number of anilines is 1. The van der Waals surface area contributed by atoms with Gasteiger partial charge < -0.3 is 9.84 Å². The molecule has 28 heavy (non-hydrogen) atoms. The number of hydrogen-bond donors (Lipinski definition) is 1. The van der Waals surface area contributed by atoms with E-state index in [9.17, 15) is 10.1 Å². The van der Waals surface area contributed by atoms with Gasteiger partial charge in [-0.1, -0.05) is 23.4 Å². The van der Waals surface area contributed by atoms with Gasteiger partial charge in [-0.2, -0.15) is 10.4 Å². The van der Waals surface area contributed by atoms with Crippen molar-refractivity contribution in [3.63, 3.8) is 0 Å². The highest BCUT2D eigenvalue weighted by molar-refractivity contribution is 5.95. The molecule has 138 valence electrons. The third kappa shape index (κ3) is 3.12. The lowest BCUT2D eigenvalue weighted by atomic mass is 10.1. The third-order valence-corrected chi connectivity index (χ3v) is 4.64. The molecule has 2 aromatic carbocycles. The fraction of sp³-hybridized carbons (Fsp3) is 0.143. The second-order valence-electron chi connectivity index (χ2n) is 6.55. The van der Waals surface area contributed by atoms with Crippen LogP contribution in [-0.2, 0) is 11.2 Å². The number of nitrogens with one attached hydrogen (secondary N) is 1. The lowest BCUT2D eigenvalue weighted by Gasteiger charge is -2.09. The summed E-state index contributed by atoms with van der Waals surface area (Å²) in [6.45, 7) is 4.00. The van der Waals surface area contributed by atoms with E-state index in [2.05, 4.69) is 21.6 Å². The number of aryl methyl sites for hydroxylation is 2. The standard InChI is InChI=1S/C21H17N5O2/c1-13-8-17-18(25-28-19(17)9-14(13)2)10-20(27)24-21-15(11-22)12-23-26(21)16-6-4-3-5-7-16/h3-9,12H,10H2,1-2H3,(H,24,27). The summed E-state index contributed by atoms with van der Waals surface area (Å²) in [7, 11) is 0. The van der Waals surface area contributed by atoms with Crippen molar-refractivity contribution in [2.45, 2.75) is 20.3 Å². The van der Waals surface area contributed by atoms with Gasteiger partial charge in [-0.25, -0.2) is 4.68 Å². The van der Waals surface area contributed by atoms with Gasteiger partial charge in [0.05, 0.1) is 18.3 Å². The fourth-order valence-corrected chi connectivity index (χ4v) is 3.02. The van der Waals surface area contributed by atoms with E-state index in [4.69, 9.17) is 4.52 Å². The molecule has 0 bridgehead atoms. The minimum atomic E-state index is -0.303. The number of rotatable bonds is 4. The summed E-state index contributed by atoms with van der Waals surface area (Å²) in [5.74, 6) is 0.0288.